The summed E-state index contributed by atoms with van der Waals surface area (Å²) in [5.41, 5.74) is -2.45. The SMILES string of the molecule is O=C(NCCO)c1cc(-c2ccc(C(F)(F)F)cc2)nn(-c2cnn(C(F)F)c2)c1=O. The van der Waals surface area contributed by atoms with Gasteiger partial charge in [-0.3, -0.25) is 9.59 Å². The van der Waals surface area contributed by atoms with Gasteiger partial charge in [0.05, 0.1) is 30.3 Å². The zero-order valence-electron chi connectivity index (χ0n) is 15.5. The van der Waals surface area contributed by atoms with E-state index in [-0.39, 0.29) is 28.2 Å². The molecule has 0 saturated carbocycles. The molecule has 0 spiro atoms. The van der Waals surface area contributed by atoms with Crippen LogP contribution in [0.25, 0.3) is 16.9 Å². The molecule has 8 nitrogen and oxygen atoms in total. The van der Waals surface area contributed by atoms with Crippen LogP contribution in [0, 0.1) is 0 Å². The van der Waals surface area contributed by atoms with Crippen LogP contribution in [0.1, 0.15) is 22.5 Å². The number of rotatable bonds is 6. The summed E-state index contributed by atoms with van der Waals surface area (Å²) in [5, 5.41) is 18.5. The van der Waals surface area contributed by atoms with E-state index in [1.54, 1.807) is 0 Å². The molecule has 164 valence electrons. The molecular formula is C18H14F5N5O3. The number of carbonyl (C=O) groups excluding carboxylic acids is 1. The molecular weight excluding hydrogens is 429 g/mol. The second kappa shape index (κ2) is 8.63. The second-order valence-corrected chi connectivity index (χ2v) is 6.17. The highest BCUT2D eigenvalue weighted by atomic mass is 19.4. The van der Waals surface area contributed by atoms with Crippen molar-refractivity contribution >= 4 is 5.91 Å². The Morgan fingerprint density at radius 2 is 1.87 bits per heavy atom. The number of carbonyl (C=O) groups is 1. The van der Waals surface area contributed by atoms with Crippen molar-refractivity contribution in [3.8, 4) is 16.9 Å². The van der Waals surface area contributed by atoms with E-state index < -0.39 is 41.9 Å². The lowest BCUT2D eigenvalue weighted by atomic mass is 10.1. The topological polar surface area (TPSA) is 102 Å². The highest BCUT2D eigenvalue weighted by molar-refractivity contribution is 5.94. The minimum absolute atomic E-state index is 0.0627. The van der Waals surface area contributed by atoms with Crippen molar-refractivity contribution in [2.45, 2.75) is 12.7 Å². The Hall–Kier alpha value is -3.61. The lowest BCUT2D eigenvalue weighted by molar-refractivity contribution is -0.137. The van der Waals surface area contributed by atoms with Crippen molar-refractivity contribution in [1.29, 1.82) is 0 Å². The van der Waals surface area contributed by atoms with Crippen molar-refractivity contribution < 1.29 is 31.9 Å². The summed E-state index contributed by atoms with van der Waals surface area (Å²) in [4.78, 5) is 25.1. The maximum Gasteiger partial charge on any atom is 0.416 e. The summed E-state index contributed by atoms with van der Waals surface area (Å²) in [6.45, 7) is -3.56. The minimum atomic E-state index is -4.57. The number of halogens is 5. The van der Waals surface area contributed by atoms with Gasteiger partial charge in [0.25, 0.3) is 11.5 Å². The fourth-order valence-electron chi connectivity index (χ4n) is 2.61. The summed E-state index contributed by atoms with van der Waals surface area (Å²) in [6, 6.07) is 4.85. The average Bonchev–Trinajstić information content (AvgIpc) is 3.22. The Bertz CT molecular complexity index is 1140. The first-order valence-electron chi connectivity index (χ1n) is 8.65. The predicted octanol–water partition coefficient (Wildman–Crippen LogP) is 2.23. The highest BCUT2D eigenvalue weighted by Crippen LogP contribution is 2.30. The monoisotopic (exact) mass is 443 g/mol. The molecule has 31 heavy (non-hydrogen) atoms. The molecule has 0 fully saturated rings. The molecule has 13 heteroatoms. The molecule has 0 aliphatic carbocycles. The van der Waals surface area contributed by atoms with E-state index in [4.69, 9.17) is 5.11 Å². The lowest BCUT2D eigenvalue weighted by Gasteiger charge is -2.11. The van der Waals surface area contributed by atoms with Crippen molar-refractivity contribution in [2.75, 3.05) is 13.2 Å². The molecule has 1 amide bonds. The third-order valence-electron chi connectivity index (χ3n) is 4.09. The smallest absolute Gasteiger partial charge is 0.395 e. The molecule has 2 N–H and O–H groups in total. The molecule has 0 bridgehead atoms. The molecule has 3 rings (SSSR count). The average molecular weight is 443 g/mol. The largest absolute Gasteiger partial charge is 0.416 e. The van der Waals surface area contributed by atoms with Gasteiger partial charge < -0.3 is 10.4 Å². The standard InChI is InChI=1S/C18H14F5N5O3/c19-17(20)27-9-12(8-25-27)28-16(31)13(15(30)24-5-6-29)7-14(26-28)10-1-3-11(4-2-10)18(21,22)23/h1-4,7-9,17,29H,5-6H2,(H,24,30). The van der Waals surface area contributed by atoms with E-state index in [9.17, 15) is 31.5 Å². The third kappa shape index (κ3) is 4.77. The van der Waals surface area contributed by atoms with Crippen LogP contribution in [-0.4, -0.2) is 43.7 Å². The van der Waals surface area contributed by atoms with Gasteiger partial charge in [-0.25, -0.2) is 4.68 Å². The number of aliphatic hydroxyl groups is 1. The molecule has 2 aromatic heterocycles. The van der Waals surface area contributed by atoms with Crippen LogP contribution in [0.5, 0.6) is 0 Å². The summed E-state index contributed by atoms with van der Waals surface area (Å²) < 4.78 is 65.0. The van der Waals surface area contributed by atoms with Crippen molar-refractivity contribution in [1.82, 2.24) is 24.9 Å². The number of amides is 1. The summed E-state index contributed by atoms with van der Waals surface area (Å²) in [5.74, 6) is -0.885. The molecule has 0 unspecified atom stereocenters. The van der Waals surface area contributed by atoms with Crippen LogP contribution in [0.3, 0.4) is 0 Å². The van der Waals surface area contributed by atoms with Crippen LogP contribution in [0.2, 0.25) is 0 Å². The first kappa shape index (κ1) is 22.1. The zero-order chi connectivity index (χ0) is 22.8. The molecule has 0 atom stereocenters. The highest BCUT2D eigenvalue weighted by Gasteiger charge is 2.30. The van der Waals surface area contributed by atoms with Gasteiger partial charge in [-0.15, -0.1) is 0 Å². The Balaban J connectivity index is 2.14. The van der Waals surface area contributed by atoms with E-state index in [0.717, 1.165) is 42.7 Å². The number of aliphatic hydroxyl groups excluding tert-OH is 1. The summed E-state index contributed by atoms with van der Waals surface area (Å²) >= 11 is 0. The Morgan fingerprint density at radius 3 is 2.42 bits per heavy atom. The Morgan fingerprint density at radius 1 is 1.19 bits per heavy atom. The minimum Gasteiger partial charge on any atom is -0.395 e. The van der Waals surface area contributed by atoms with Crippen molar-refractivity contribution in [3.63, 3.8) is 0 Å². The van der Waals surface area contributed by atoms with Gasteiger partial charge in [0.1, 0.15) is 11.3 Å². The van der Waals surface area contributed by atoms with Crippen molar-refractivity contribution in [3.05, 3.63) is 64.2 Å². The number of nitrogens with one attached hydrogen (secondary N) is 1. The molecule has 0 aliphatic heterocycles. The first-order valence-corrected chi connectivity index (χ1v) is 8.65. The van der Waals surface area contributed by atoms with Crippen molar-refractivity contribution in [2.24, 2.45) is 0 Å². The van der Waals surface area contributed by atoms with Gasteiger partial charge in [0.15, 0.2) is 0 Å². The fraction of sp³-hybridized carbons (Fsp3) is 0.222. The van der Waals surface area contributed by atoms with E-state index in [1.165, 1.54) is 0 Å². The maximum absolute atomic E-state index is 12.8. The molecule has 0 aliphatic rings. The van der Waals surface area contributed by atoms with Crippen LogP contribution < -0.4 is 10.9 Å². The van der Waals surface area contributed by atoms with Crippen LogP contribution in [0.15, 0.2) is 47.5 Å². The number of hydrogen-bond acceptors (Lipinski definition) is 5. The van der Waals surface area contributed by atoms with E-state index >= 15 is 0 Å². The van der Waals surface area contributed by atoms with Crippen LogP contribution in [0.4, 0.5) is 22.0 Å². The normalized spacial score (nSPS) is 11.7. The number of aromatic nitrogens is 4. The first-order chi connectivity index (χ1) is 14.6. The van der Waals surface area contributed by atoms with Gasteiger partial charge in [0.2, 0.25) is 0 Å². The molecule has 1 aromatic carbocycles. The van der Waals surface area contributed by atoms with Gasteiger partial charge in [-0.2, -0.15) is 36.8 Å². The lowest BCUT2D eigenvalue weighted by Crippen LogP contribution is -2.35. The summed E-state index contributed by atoms with van der Waals surface area (Å²) in [6.07, 6.45) is -2.82. The van der Waals surface area contributed by atoms with Crippen LogP contribution >= 0.6 is 0 Å². The second-order valence-electron chi connectivity index (χ2n) is 6.17. The maximum atomic E-state index is 12.8. The van der Waals surface area contributed by atoms with Gasteiger partial charge in [-0.1, -0.05) is 12.1 Å². The quantitative estimate of drug-likeness (QED) is 0.569. The van der Waals surface area contributed by atoms with Gasteiger partial charge >= 0.3 is 12.7 Å². The van der Waals surface area contributed by atoms with Crippen LogP contribution in [-0.2, 0) is 6.18 Å². The molecule has 3 aromatic rings. The third-order valence-corrected chi connectivity index (χ3v) is 4.09. The number of benzene rings is 1. The summed E-state index contributed by atoms with van der Waals surface area (Å²) in [7, 11) is 0. The Kier molecular flexibility index (Phi) is 6.15. The van der Waals surface area contributed by atoms with E-state index in [1.807, 2.05) is 0 Å². The fourth-order valence-corrected chi connectivity index (χ4v) is 2.61. The molecule has 0 saturated heterocycles. The van der Waals surface area contributed by atoms with E-state index in [0.29, 0.717) is 4.68 Å². The number of alkyl halides is 5. The van der Waals surface area contributed by atoms with Gasteiger partial charge in [0, 0.05) is 12.1 Å². The molecule has 0 radical (unpaired) electrons. The zero-order valence-corrected chi connectivity index (χ0v) is 15.5. The predicted molar refractivity (Wildman–Crippen MR) is 96.7 cm³/mol. The van der Waals surface area contributed by atoms with E-state index in [2.05, 4.69) is 15.5 Å². The number of hydrogen-bond donors (Lipinski definition) is 2. The Labute approximate surface area is 170 Å². The molecule has 2 heterocycles. The number of nitrogens with zero attached hydrogens (tertiary/aromatic N) is 4. The van der Waals surface area contributed by atoms with Gasteiger partial charge in [-0.05, 0) is 18.2 Å².